The lowest BCUT2D eigenvalue weighted by molar-refractivity contribution is 0.157. The fraction of sp³-hybridized carbons (Fsp3) is 0.280. The van der Waals surface area contributed by atoms with Gasteiger partial charge in [0.15, 0.2) is 5.82 Å². The van der Waals surface area contributed by atoms with Gasteiger partial charge in [-0.1, -0.05) is 30.3 Å². The first-order valence-electron chi connectivity index (χ1n) is 11.3. The molecule has 0 amide bonds. The van der Waals surface area contributed by atoms with Crippen LogP contribution in [0.25, 0.3) is 11.0 Å². The molecule has 0 radical (unpaired) electrons. The molecule has 4 aromatic rings. The average Bonchev–Trinajstić information content (AvgIpc) is 3.53. The molecule has 0 aliphatic carbocycles. The number of hydrogen-bond donors (Lipinski definition) is 3. The Balaban J connectivity index is 1.40. The number of benzene rings is 2. The van der Waals surface area contributed by atoms with E-state index < -0.39 is 0 Å². The average molecular weight is 443 g/mol. The summed E-state index contributed by atoms with van der Waals surface area (Å²) in [4.78, 5) is 18.9. The van der Waals surface area contributed by atoms with Gasteiger partial charge in [-0.25, -0.2) is 5.06 Å². The van der Waals surface area contributed by atoms with Crippen molar-refractivity contribution in [3.8, 4) is 5.75 Å². The highest BCUT2D eigenvalue weighted by Gasteiger charge is 2.31. The summed E-state index contributed by atoms with van der Waals surface area (Å²) < 4.78 is 5.68. The van der Waals surface area contributed by atoms with Gasteiger partial charge in [-0.2, -0.15) is 9.97 Å². The lowest BCUT2D eigenvalue weighted by atomic mass is 10.00. The van der Waals surface area contributed by atoms with Gasteiger partial charge in [0.25, 0.3) is 0 Å². The Morgan fingerprint density at radius 1 is 1.12 bits per heavy atom. The second kappa shape index (κ2) is 8.38. The van der Waals surface area contributed by atoms with Gasteiger partial charge < -0.3 is 20.4 Å². The maximum Gasteiger partial charge on any atom is 0.231 e. The van der Waals surface area contributed by atoms with Gasteiger partial charge in [-0.05, 0) is 47.9 Å². The third-order valence-corrected chi connectivity index (χ3v) is 6.35. The molecule has 4 heterocycles. The van der Waals surface area contributed by atoms with Gasteiger partial charge in [0.1, 0.15) is 11.4 Å². The summed E-state index contributed by atoms with van der Waals surface area (Å²) in [7, 11) is 1.69. The zero-order chi connectivity index (χ0) is 22.2. The molecule has 2 aromatic carbocycles. The summed E-state index contributed by atoms with van der Waals surface area (Å²) in [5.74, 6) is 2.02. The van der Waals surface area contributed by atoms with Gasteiger partial charge in [-0.15, -0.1) is 0 Å². The molecule has 33 heavy (non-hydrogen) atoms. The van der Waals surface area contributed by atoms with Gasteiger partial charge in [-0.3, -0.25) is 4.84 Å². The van der Waals surface area contributed by atoms with E-state index in [0.717, 1.165) is 54.2 Å². The van der Waals surface area contributed by atoms with E-state index in [1.165, 1.54) is 16.7 Å². The quantitative estimate of drug-likeness (QED) is 0.426. The summed E-state index contributed by atoms with van der Waals surface area (Å²) in [5, 5.41) is 9.67. The fourth-order valence-corrected chi connectivity index (χ4v) is 4.70. The number of rotatable bonds is 5. The number of fused-ring (bicyclic) bond motifs is 2. The fourth-order valence-electron chi connectivity index (χ4n) is 4.70. The molecule has 0 unspecified atom stereocenters. The summed E-state index contributed by atoms with van der Waals surface area (Å²) in [6.07, 6.45) is 3.77. The lowest BCUT2D eigenvalue weighted by Gasteiger charge is -2.25. The number of H-pyrrole nitrogens is 1. The monoisotopic (exact) mass is 442 g/mol. The summed E-state index contributed by atoms with van der Waals surface area (Å²) >= 11 is 0. The maximum absolute atomic E-state index is 6.08. The number of hydroxylamine groups is 1. The first-order chi connectivity index (χ1) is 16.3. The number of hydrogen-bond acceptors (Lipinski definition) is 7. The molecule has 2 aromatic heterocycles. The van der Waals surface area contributed by atoms with E-state index in [0.29, 0.717) is 12.6 Å². The van der Waals surface area contributed by atoms with Crippen LogP contribution in [0.3, 0.4) is 0 Å². The van der Waals surface area contributed by atoms with E-state index in [9.17, 15) is 0 Å². The predicted octanol–water partition coefficient (Wildman–Crippen LogP) is 4.24. The number of nitrogens with one attached hydrogen (secondary N) is 3. The molecule has 1 atom stereocenters. The number of aromatic amines is 1. The van der Waals surface area contributed by atoms with Crippen LogP contribution in [0.2, 0.25) is 0 Å². The van der Waals surface area contributed by atoms with E-state index in [-0.39, 0.29) is 6.04 Å². The SMILES string of the molecule is COc1cc2c(cc1Nc1nc(N3OCC[C@H]3c3ccccc3)c3cc[nH]c3n1)CNCC2. The number of methoxy groups -OCH3 is 1. The van der Waals surface area contributed by atoms with E-state index in [1.807, 2.05) is 23.4 Å². The van der Waals surface area contributed by atoms with E-state index >= 15 is 0 Å². The summed E-state index contributed by atoms with van der Waals surface area (Å²) in [6, 6.07) is 16.7. The van der Waals surface area contributed by atoms with Crippen LogP contribution in [0, 0.1) is 0 Å². The number of anilines is 3. The van der Waals surface area contributed by atoms with Crippen molar-refractivity contribution in [1.82, 2.24) is 20.3 Å². The zero-order valence-corrected chi connectivity index (χ0v) is 18.5. The van der Waals surface area contributed by atoms with E-state index in [2.05, 4.69) is 52.0 Å². The van der Waals surface area contributed by atoms with Gasteiger partial charge in [0.05, 0.1) is 30.8 Å². The van der Waals surface area contributed by atoms with Crippen molar-refractivity contribution >= 4 is 28.5 Å². The van der Waals surface area contributed by atoms with Gasteiger partial charge in [0, 0.05) is 19.2 Å². The molecule has 8 nitrogen and oxygen atoms in total. The van der Waals surface area contributed by atoms with Crippen LogP contribution in [0.5, 0.6) is 5.75 Å². The largest absolute Gasteiger partial charge is 0.495 e. The third kappa shape index (κ3) is 3.67. The lowest BCUT2D eigenvalue weighted by Crippen LogP contribution is -2.24. The minimum atomic E-state index is 0.0939. The van der Waals surface area contributed by atoms with Crippen molar-refractivity contribution in [2.45, 2.75) is 25.4 Å². The molecule has 0 saturated carbocycles. The molecule has 1 fully saturated rings. The van der Waals surface area contributed by atoms with Crippen LogP contribution in [-0.2, 0) is 17.8 Å². The molecule has 0 spiro atoms. The Kier molecular flexibility index (Phi) is 5.09. The number of ether oxygens (including phenoxy) is 1. The minimum Gasteiger partial charge on any atom is -0.495 e. The van der Waals surface area contributed by atoms with Crippen molar-refractivity contribution in [3.05, 3.63) is 71.4 Å². The molecule has 8 heteroatoms. The molecular formula is C25H26N6O2. The van der Waals surface area contributed by atoms with Crippen LogP contribution in [0.4, 0.5) is 17.5 Å². The molecule has 1 saturated heterocycles. The number of nitrogens with zero attached hydrogens (tertiary/aromatic N) is 3. The summed E-state index contributed by atoms with van der Waals surface area (Å²) in [6.45, 7) is 2.47. The Bertz CT molecular complexity index is 1290. The number of aromatic nitrogens is 3. The molecular weight excluding hydrogens is 416 g/mol. The molecule has 0 bridgehead atoms. The zero-order valence-electron chi connectivity index (χ0n) is 18.5. The van der Waals surface area contributed by atoms with Crippen molar-refractivity contribution in [1.29, 1.82) is 0 Å². The topological polar surface area (TPSA) is 87.3 Å². The highest BCUT2D eigenvalue weighted by Crippen LogP contribution is 2.38. The highest BCUT2D eigenvalue weighted by atomic mass is 16.7. The Morgan fingerprint density at radius 3 is 2.91 bits per heavy atom. The Labute approximate surface area is 191 Å². The molecule has 2 aliphatic heterocycles. The molecule has 2 aliphatic rings. The Morgan fingerprint density at radius 2 is 2.03 bits per heavy atom. The van der Waals surface area contributed by atoms with Crippen LogP contribution < -0.4 is 20.4 Å². The van der Waals surface area contributed by atoms with Gasteiger partial charge in [0.2, 0.25) is 5.95 Å². The van der Waals surface area contributed by atoms with Gasteiger partial charge >= 0.3 is 0 Å². The Hall–Kier alpha value is -3.62. The second-order valence-corrected chi connectivity index (χ2v) is 8.36. The van der Waals surface area contributed by atoms with E-state index in [4.69, 9.17) is 19.5 Å². The molecule has 6 rings (SSSR count). The smallest absolute Gasteiger partial charge is 0.231 e. The second-order valence-electron chi connectivity index (χ2n) is 8.36. The van der Waals surface area contributed by atoms with Crippen molar-refractivity contribution in [2.75, 3.05) is 30.6 Å². The summed E-state index contributed by atoms with van der Waals surface area (Å²) in [5.41, 5.74) is 5.38. The third-order valence-electron chi connectivity index (χ3n) is 6.35. The van der Waals surface area contributed by atoms with Crippen LogP contribution in [0.15, 0.2) is 54.7 Å². The van der Waals surface area contributed by atoms with Crippen molar-refractivity contribution in [3.63, 3.8) is 0 Å². The van der Waals surface area contributed by atoms with E-state index in [1.54, 1.807) is 7.11 Å². The van der Waals surface area contributed by atoms with Crippen LogP contribution in [-0.4, -0.2) is 35.2 Å². The first kappa shape index (κ1) is 20.0. The van der Waals surface area contributed by atoms with Crippen molar-refractivity contribution in [2.24, 2.45) is 0 Å². The predicted molar refractivity (Wildman–Crippen MR) is 128 cm³/mol. The maximum atomic E-state index is 6.08. The molecule has 3 N–H and O–H groups in total. The molecule has 168 valence electrons. The standard InChI is InChI=1S/C25H26N6O2/c1-32-22-14-17-7-10-26-15-18(17)13-20(22)28-25-29-23-19(8-11-27-23)24(30-25)31-21(9-12-33-31)16-5-3-2-4-6-16/h2-6,8,11,13-14,21,26H,7,9-10,12,15H2,1H3,(H2,27,28,29,30)/t21-/m0/s1. The first-order valence-corrected chi connectivity index (χ1v) is 11.3. The minimum absolute atomic E-state index is 0.0939. The normalized spacial score (nSPS) is 17.8. The van der Waals surface area contributed by atoms with Crippen molar-refractivity contribution < 1.29 is 9.57 Å². The van der Waals surface area contributed by atoms with Crippen LogP contribution >= 0.6 is 0 Å². The highest BCUT2D eigenvalue weighted by molar-refractivity contribution is 5.89. The van der Waals surface area contributed by atoms with Crippen LogP contribution in [0.1, 0.15) is 29.2 Å².